The van der Waals surface area contributed by atoms with Gasteiger partial charge in [-0.25, -0.2) is 4.98 Å². The van der Waals surface area contributed by atoms with Crippen molar-refractivity contribution in [2.45, 2.75) is 46.2 Å². The van der Waals surface area contributed by atoms with E-state index in [9.17, 15) is 0 Å². The van der Waals surface area contributed by atoms with Gasteiger partial charge in [0.05, 0.1) is 0 Å². The first-order valence-corrected chi connectivity index (χ1v) is 7.12. The van der Waals surface area contributed by atoms with Gasteiger partial charge in [0.25, 0.3) is 0 Å². The fraction of sp³-hybridized carbons (Fsp3) is 0.667. The number of pyridine rings is 1. The monoisotopic (exact) mass is 247 g/mol. The van der Waals surface area contributed by atoms with Crippen LogP contribution in [0.4, 0.5) is 5.82 Å². The maximum Gasteiger partial charge on any atom is 0.130 e. The highest BCUT2D eigenvalue weighted by Gasteiger charge is 2.23. The summed E-state index contributed by atoms with van der Waals surface area (Å²) in [4.78, 5) is 7.02. The number of nitrogens with zero attached hydrogens (tertiary/aromatic N) is 2. The first-order chi connectivity index (χ1) is 8.70. The van der Waals surface area contributed by atoms with Gasteiger partial charge in [0.1, 0.15) is 5.82 Å². The molecular weight excluding hydrogens is 222 g/mol. The first kappa shape index (κ1) is 13.3. The largest absolute Gasteiger partial charge is 0.370 e. The summed E-state index contributed by atoms with van der Waals surface area (Å²) in [5.74, 6) is 1.92. The zero-order valence-electron chi connectivity index (χ0n) is 11.8. The van der Waals surface area contributed by atoms with Crippen LogP contribution in [0.25, 0.3) is 0 Å². The van der Waals surface area contributed by atoms with E-state index in [1.165, 1.54) is 24.9 Å². The number of aromatic nitrogens is 1. The summed E-state index contributed by atoms with van der Waals surface area (Å²) in [5.41, 5.74) is 1.32. The van der Waals surface area contributed by atoms with E-state index in [0.29, 0.717) is 6.04 Å². The standard InChI is InChI=1S/C15H25N3/c1-4-16-15-14(6-5-8-17-15)11-18-9-7-12(2)10-13(18)3/h5-6,8,12-13H,4,7,9-11H2,1-3H3,(H,16,17). The molecule has 1 N–H and O–H groups in total. The molecule has 2 unspecified atom stereocenters. The van der Waals surface area contributed by atoms with Crippen LogP contribution in [-0.4, -0.2) is 29.0 Å². The Kier molecular flexibility index (Phi) is 4.59. The van der Waals surface area contributed by atoms with Crippen molar-refractivity contribution in [1.29, 1.82) is 0 Å². The Labute approximate surface area is 111 Å². The van der Waals surface area contributed by atoms with Crippen LogP contribution in [0.1, 0.15) is 39.2 Å². The molecular formula is C15H25N3. The van der Waals surface area contributed by atoms with Crippen LogP contribution in [0.3, 0.4) is 0 Å². The molecule has 0 saturated carbocycles. The molecule has 3 heteroatoms. The third kappa shape index (κ3) is 3.22. The maximum atomic E-state index is 4.44. The number of hydrogen-bond acceptors (Lipinski definition) is 3. The second-order valence-electron chi connectivity index (χ2n) is 5.49. The van der Waals surface area contributed by atoms with Gasteiger partial charge in [-0.05, 0) is 45.2 Å². The van der Waals surface area contributed by atoms with E-state index in [4.69, 9.17) is 0 Å². The molecule has 1 aromatic heterocycles. The van der Waals surface area contributed by atoms with Gasteiger partial charge < -0.3 is 5.32 Å². The van der Waals surface area contributed by atoms with E-state index < -0.39 is 0 Å². The van der Waals surface area contributed by atoms with Gasteiger partial charge in [0, 0.05) is 30.9 Å². The molecule has 0 spiro atoms. The average molecular weight is 247 g/mol. The molecule has 100 valence electrons. The minimum atomic E-state index is 0.684. The van der Waals surface area contributed by atoms with E-state index in [0.717, 1.165) is 24.8 Å². The molecule has 1 saturated heterocycles. The Balaban J connectivity index is 2.04. The molecule has 18 heavy (non-hydrogen) atoms. The Morgan fingerprint density at radius 1 is 1.44 bits per heavy atom. The summed E-state index contributed by atoms with van der Waals surface area (Å²) in [5, 5.41) is 3.35. The highest BCUT2D eigenvalue weighted by atomic mass is 15.2. The van der Waals surface area contributed by atoms with Gasteiger partial charge in [0.15, 0.2) is 0 Å². The van der Waals surface area contributed by atoms with Crippen molar-refractivity contribution in [1.82, 2.24) is 9.88 Å². The van der Waals surface area contributed by atoms with Crippen LogP contribution in [0, 0.1) is 5.92 Å². The third-order valence-electron chi connectivity index (χ3n) is 3.88. The quantitative estimate of drug-likeness (QED) is 0.886. The topological polar surface area (TPSA) is 28.2 Å². The molecule has 1 aliphatic rings. The summed E-state index contributed by atoms with van der Waals surface area (Å²) in [6.45, 7) is 9.98. The van der Waals surface area contributed by atoms with Crippen LogP contribution in [0.15, 0.2) is 18.3 Å². The summed E-state index contributed by atoms with van der Waals surface area (Å²) >= 11 is 0. The second-order valence-corrected chi connectivity index (χ2v) is 5.49. The van der Waals surface area contributed by atoms with Crippen molar-refractivity contribution < 1.29 is 0 Å². The van der Waals surface area contributed by atoms with Gasteiger partial charge in [-0.2, -0.15) is 0 Å². The Hall–Kier alpha value is -1.09. The SMILES string of the molecule is CCNc1ncccc1CN1CCC(C)CC1C. The van der Waals surface area contributed by atoms with Gasteiger partial charge in [-0.3, -0.25) is 4.90 Å². The van der Waals surface area contributed by atoms with Crippen LogP contribution >= 0.6 is 0 Å². The summed E-state index contributed by atoms with van der Waals surface area (Å²) in [6, 6.07) is 4.91. The molecule has 3 nitrogen and oxygen atoms in total. The van der Waals surface area contributed by atoms with E-state index in [1.54, 1.807) is 0 Å². The van der Waals surface area contributed by atoms with Gasteiger partial charge in [0.2, 0.25) is 0 Å². The zero-order valence-corrected chi connectivity index (χ0v) is 11.8. The lowest BCUT2D eigenvalue weighted by Crippen LogP contribution is -2.39. The zero-order chi connectivity index (χ0) is 13.0. The van der Waals surface area contributed by atoms with Crippen molar-refractivity contribution in [3.8, 4) is 0 Å². The number of nitrogens with one attached hydrogen (secondary N) is 1. The van der Waals surface area contributed by atoms with Crippen molar-refractivity contribution in [2.75, 3.05) is 18.4 Å². The molecule has 0 aromatic carbocycles. The molecule has 1 aromatic rings. The molecule has 0 amide bonds. The van der Waals surface area contributed by atoms with Gasteiger partial charge >= 0.3 is 0 Å². The molecule has 0 radical (unpaired) electrons. The molecule has 2 atom stereocenters. The smallest absolute Gasteiger partial charge is 0.130 e. The van der Waals surface area contributed by atoms with Gasteiger partial charge in [-0.15, -0.1) is 0 Å². The van der Waals surface area contributed by atoms with E-state index >= 15 is 0 Å². The van der Waals surface area contributed by atoms with E-state index in [2.05, 4.69) is 42.0 Å². The van der Waals surface area contributed by atoms with Gasteiger partial charge in [-0.1, -0.05) is 13.0 Å². The summed E-state index contributed by atoms with van der Waals surface area (Å²) in [7, 11) is 0. The second kappa shape index (κ2) is 6.19. The number of rotatable bonds is 4. The van der Waals surface area contributed by atoms with Crippen LogP contribution in [-0.2, 0) is 6.54 Å². The normalized spacial score (nSPS) is 25.1. The van der Waals surface area contributed by atoms with Crippen LogP contribution in [0.2, 0.25) is 0 Å². The van der Waals surface area contributed by atoms with E-state index in [-0.39, 0.29) is 0 Å². The predicted octanol–water partition coefficient (Wildman–Crippen LogP) is 3.13. The molecule has 2 heterocycles. The fourth-order valence-electron chi connectivity index (χ4n) is 2.80. The number of likely N-dealkylation sites (tertiary alicyclic amines) is 1. The molecule has 1 fully saturated rings. The minimum Gasteiger partial charge on any atom is -0.370 e. The highest BCUT2D eigenvalue weighted by Crippen LogP contribution is 2.25. The lowest BCUT2D eigenvalue weighted by Gasteiger charge is -2.36. The van der Waals surface area contributed by atoms with Crippen molar-refractivity contribution in [3.05, 3.63) is 23.9 Å². The molecule has 0 bridgehead atoms. The minimum absolute atomic E-state index is 0.684. The van der Waals surface area contributed by atoms with Crippen LogP contribution < -0.4 is 5.32 Å². The number of anilines is 1. The average Bonchev–Trinajstić information content (AvgIpc) is 2.35. The third-order valence-corrected chi connectivity index (χ3v) is 3.88. The highest BCUT2D eigenvalue weighted by molar-refractivity contribution is 5.43. The Morgan fingerprint density at radius 2 is 2.28 bits per heavy atom. The lowest BCUT2D eigenvalue weighted by atomic mass is 9.93. The fourth-order valence-corrected chi connectivity index (χ4v) is 2.80. The molecule has 0 aliphatic carbocycles. The lowest BCUT2D eigenvalue weighted by molar-refractivity contribution is 0.122. The molecule has 1 aliphatic heterocycles. The van der Waals surface area contributed by atoms with Crippen molar-refractivity contribution in [3.63, 3.8) is 0 Å². The van der Waals surface area contributed by atoms with Crippen molar-refractivity contribution >= 4 is 5.82 Å². The Bertz CT molecular complexity index is 378. The van der Waals surface area contributed by atoms with E-state index in [1.807, 2.05) is 12.3 Å². The number of piperidine rings is 1. The molecule has 2 rings (SSSR count). The Morgan fingerprint density at radius 3 is 3.00 bits per heavy atom. The maximum absolute atomic E-state index is 4.44. The van der Waals surface area contributed by atoms with Crippen molar-refractivity contribution in [2.24, 2.45) is 5.92 Å². The first-order valence-electron chi connectivity index (χ1n) is 7.12. The summed E-state index contributed by atoms with van der Waals surface area (Å²) < 4.78 is 0. The number of hydrogen-bond donors (Lipinski definition) is 1. The summed E-state index contributed by atoms with van der Waals surface area (Å²) in [6.07, 6.45) is 4.50. The van der Waals surface area contributed by atoms with Crippen LogP contribution in [0.5, 0.6) is 0 Å². The predicted molar refractivity (Wildman–Crippen MR) is 76.7 cm³/mol.